The van der Waals surface area contributed by atoms with Crippen LogP contribution in [0.25, 0.3) is 15.9 Å². The lowest BCUT2D eigenvalue weighted by atomic mass is 10.2. The lowest BCUT2D eigenvalue weighted by Crippen LogP contribution is -2.40. The van der Waals surface area contributed by atoms with E-state index in [0.717, 1.165) is 4.57 Å². The fraction of sp³-hybridized carbons (Fsp3) is 0.174. The maximum atomic E-state index is 13.6. The quantitative estimate of drug-likeness (QED) is 0.483. The molecule has 0 spiro atoms. The van der Waals surface area contributed by atoms with Gasteiger partial charge in [-0.05, 0) is 61.2 Å². The van der Waals surface area contributed by atoms with Crippen LogP contribution in [0.5, 0.6) is 5.75 Å². The van der Waals surface area contributed by atoms with Crippen LogP contribution in [-0.4, -0.2) is 21.6 Å². The van der Waals surface area contributed by atoms with Crippen LogP contribution in [0.4, 0.5) is 10.1 Å². The van der Waals surface area contributed by atoms with E-state index < -0.39 is 23.0 Å². The minimum atomic E-state index is -0.677. The molecule has 0 radical (unpaired) electrons. The summed E-state index contributed by atoms with van der Waals surface area (Å²) in [7, 11) is 0. The molecule has 9 heteroatoms. The second kappa shape index (κ2) is 8.80. The smallest absolute Gasteiger partial charge is 0.336 e. The van der Waals surface area contributed by atoms with Crippen LogP contribution < -0.4 is 21.3 Å². The number of thiophene rings is 1. The molecule has 0 aliphatic heterocycles. The van der Waals surface area contributed by atoms with Crippen molar-refractivity contribution >= 4 is 33.1 Å². The highest BCUT2D eigenvalue weighted by Crippen LogP contribution is 2.24. The molecule has 4 aromatic rings. The number of nitrogens with one attached hydrogen (secondary N) is 1. The van der Waals surface area contributed by atoms with Gasteiger partial charge in [-0.3, -0.25) is 14.2 Å². The topological polar surface area (TPSA) is 82.3 Å². The number of hydrogen-bond acceptors (Lipinski definition) is 5. The molecule has 0 unspecified atom stereocenters. The molecule has 164 valence electrons. The summed E-state index contributed by atoms with van der Waals surface area (Å²) in [5.74, 6) is -0.403. The summed E-state index contributed by atoms with van der Waals surface area (Å²) in [6, 6.07) is 12.5. The molecule has 2 aromatic carbocycles. The molecule has 4 rings (SSSR count). The standard InChI is InChI=1S/C23H20FN3O4S/c1-3-31-19-7-5-4-6-16(19)25-20(28)13-26-18-10-11-32-21(18)22(29)27(23(26)30)17-9-8-15(24)12-14(17)2/h4-12H,3,13H2,1-2H3,(H,25,28). The van der Waals surface area contributed by atoms with Crippen molar-refractivity contribution in [2.45, 2.75) is 20.4 Å². The fourth-order valence-corrected chi connectivity index (χ4v) is 4.33. The van der Waals surface area contributed by atoms with Crippen molar-refractivity contribution in [3.8, 4) is 11.4 Å². The Kier molecular flexibility index (Phi) is 5.91. The van der Waals surface area contributed by atoms with Crippen molar-refractivity contribution in [1.82, 2.24) is 9.13 Å². The predicted octanol–water partition coefficient (Wildman–Crippen LogP) is 3.70. The molecule has 1 amide bonds. The molecular weight excluding hydrogens is 433 g/mol. The second-order valence-electron chi connectivity index (χ2n) is 7.05. The maximum Gasteiger partial charge on any atom is 0.336 e. The van der Waals surface area contributed by atoms with Crippen LogP contribution in [0.2, 0.25) is 0 Å². The lowest BCUT2D eigenvalue weighted by Gasteiger charge is -2.15. The van der Waals surface area contributed by atoms with Crippen molar-refractivity contribution in [2.24, 2.45) is 0 Å². The lowest BCUT2D eigenvalue weighted by molar-refractivity contribution is -0.116. The van der Waals surface area contributed by atoms with Crippen LogP contribution in [0.3, 0.4) is 0 Å². The molecule has 32 heavy (non-hydrogen) atoms. The third-order valence-corrected chi connectivity index (χ3v) is 5.81. The van der Waals surface area contributed by atoms with E-state index >= 15 is 0 Å². The van der Waals surface area contributed by atoms with E-state index in [0.29, 0.717) is 33.8 Å². The SMILES string of the molecule is CCOc1ccccc1NC(=O)Cn1c(=O)n(-c2ccc(F)cc2C)c(=O)c2sccc21. The number of rotatable bonds is 6. The molecule has 0 aliphatic rings. The number of ether oxygens (including phenoxy) is 1. The Balaban J connectivity index is 1.78. The molecule has 0 fully saturated rings. The van der Waals surface area contributed by atoms with Gasteiger partial charge in [0.05, 0.1) is 23.5 Å². The number of benzene rings is 2. The van der Waals surface area contributed by atoms with Gasteiger partial charge in [0, 0.05) is 0 Å². The molecule has 2 aromatic heterocycles. The first-order chi connectivity index (χ1) is 15.4. The number of carbonyl (C=O) groups excluding carboxylic acids is 1. The molecule has 0 aliphatic carbocycles. The van der Waals surface area contributed by atoms with Gasteiger partial charge in [-0.15, -0.1) is 11.3 Å². The highest BCUT2D eigenvalue weighted by atomic mass is 32.1. The van der Waals surface area contributed by atoms with Gasteiger partial charge < -0.3 is 10.1 Å². The summed E-state index contributed by atoms with van der Waals surface area (Å²) in [6.45, 7) is 3.58. The van der Waals surface area contributed by atoms with Crippen LogP contribution >= 0.6 is 11.3 Å². The van der Waals surface area contributed by atoms with E-state index in [1.165, 1.54) is 34.1 Å². The zero-order chi connectivity index (χ0) is 22.8. The summed E-state index contributed by atoms with van der Waals surface area (Å²) >= 11 is 1.18. The summed E-state index contributed by atoms with van der Waals surface area (Å²) < 4.78 is 21.7. The Morgan fingerprint density at radius 3 is 2.69 bits per heavy atom. The average Bonchev–Trinajstić information content (AvgIpc) is 3.24. The Bertz CT molecular complexity index is 1440. The zero-order valence-electron chi connectivity index (χ0n) is 17.4. The van der Waals surface area contributed by atoms with Crippen molar-refractivity contribution in [1.29, 1.82) is 0 Å². The average molecular weight is 453 g/mol. The summed E-state index contributed by atoms with van der Waals surface area (Å²) in [6.07, 6.45) is 0. The third-order valence-electron chi connectivity index (χ3n) is 4.92. The highest BCUT2D eigenvalue weighted by molar-refractivity contribution is 7.17. The van der Waals surface area contributed by atoms with Crippen LogP contribution in [-0.2, 0) is 11.3 Å². The first-order valence-electron chi connectivity index (χ1n) is 9.92. The number of carbonyl (C=O) groups is 1. The van der Waals surface area contributed by atoms with E-state index in [9.17, 15) is 18.8 Å². The molecule has 2 heterocycles. The summed E-state index contributed by atoms with van der Waals surface area (Å²) in [4.78, 5) is 39.2. The first-order valence-corrected chi connectivity index (χ1v) is 10.8. The van der Waals surface area contributed by atoms with Gasteiger partial charge in [0.15, 0.2) is 0 Å². The summed E-state index contributed by atoms with van der Waals surface area (Å²) in [5.41, 5.74) is 0.372. The maximum absolute atomic E-state index is 13.6. The molecule has 0 bridgehead atoms. The molecular formula is C23H20FN3O4S. The number of fused-ring (bicyclic) bond motifs is 1. The Morgan fingerprint density at radius 2 is 1.94 bits per heavy atom. The van der Waals surface area contributed by atoms with Gasteiger partial charge in [0.1, 0.15) is 22.8 Å². The van der Waals surface area contributed by atoms with Gasteiger partial charge in [0.25, 0.3) is 5.56 Å². The Labute approximate surface area is 186 Å². The Hall–Kier alpha value is -3.72. The van der Waals surface area contributed by atoms with E-state index in [1.807, 2.05) is 6.92 Å². The minimum absolute atomic E-state index is 0.271. The molecule has 7 nitrogen and oxygen atoms in total. The van der Waals surface area contributed by atoms with Gasteiger partial charge >= 0.3 is 5.69 Å². The fourth-order valence-electron chi connectivity index (χ4n) is 3.51. The summed E-state index contributed by atoms with van der Waals surface area (Å²) in [5, 5.41) is 4.45. The number of hydrogen-bond donors (Lipinski definition) is 1. The van der Waals surface area contributed by atoms with Crippen LogP contribution in [0.1, 0.15) is 12.5 Å². The zero-order valence-corrected chi connectivity index (χ0v) is 18.2. The molecule has 0 saturated carbocycles. The van der Waals surface area contributed by atoms with Gasteiger partial charge in [-0.25, -0.2) is 13.8 Å². The number of aromatic nitrogens is 2. The van der Waals surface area contributed by atoms with E-state index in [-0.39, 0.29) is 12.2 Å². The Morgan fingerprint density at radius 1 is 1.16 bits per heavy atom. The van der Waals surface area contributed by atoms with E-state index in [2.05, 4.69) is 5.32 Å². The number of anilines is 1. The van der Waals surface area contributed by atoms with Crippen molar-refractivity contribution in [3.05, 3.63) is 86.1 Å². The molecule has 0 atom stereocenters. The number of halogens is 1. The normalized spacial score (nSPS) is 11.0. The van der Waals surface area contributed by atoms with Gasteiger partial charge in [-0.2, -0.15) is 0 Å². The van der Waals surface area contributed by atoms with Crippen molar-refractivity contribution in [2.75, 3.05) is 11.9 Å². The predicted molar refractivity (Wildman–Crippen MR) is 123 cm³/mol. The first kappa shape index (κ1) is 21.5. The molecule has 1 N–H and O–H groups in total. The molecule has 0 saturated heterocycles. The number of amides is 1. The second-order valence-corrected chi connectivity index (χ2v) is 7.97. The third kappa shape index (κ3) is 3.94. The van der Waals surface area contributed by atoms with E-state index in [4.69, 9.17) is 4.74 Å². The number of para-hydroxylation sites is 2. The van der Waals surface area contributed by atoms with Gasteiger partial charge in [-0.1, -0.05) is 12.1 Å². The monoisotopic (exact) mass is 453 g/mol. The largest absolute Gasteiger partial charge is 0.492 e. The minimum Gasteiger partial charge on any atom is -0.492 e. The van der Waals surface area contributed by atoms with Crippen molar-refractivity contribution < 1.29 is 13.9 Å². The highest BCUT2D eigenvalue weighted by Gasteiger charge is 2.19. The van der Waals surface area contributed by atoms with E-state index in [1.54, 1.807) is 42.6 Å². The number of nitrogens with zero attached hydrogens (tertiary/aromatic N) is 2. The van der Waals surface area contributed by atoms with Crippen molar-refractivity contribution in [3.63, 3.8) is 0 Å². The van der Waals surface area contributed by atoms with Gasteiger partial charge in [0.2, 0.25) is 5.91 Å². The number of aryl methyl sites for hydroxylation is 1. The van der Waals surface area contributed by atoms with Crippen LogP contribution in [0, 0.1) is 12.7 Å². The van der Waals surface area contributed by atoms with Crippen LogP contribution in [0.15, 0.2) is 63.5 Å².